The van der Waals surface area contributed by atoms with E-state index in [1.165, 1.54) is 36.9 Å². The van der Waals surface area contributed by atoms with Gasteiger partial charge in [-0.2, -0.15) is 0 Å². The number of carbonyl (C=O) groups excluding carboxylic acids is 2. The lowest BCUT2D eigenvalue weighted by Gasteiger charge is -2.23. The fourth-order valence-electron chi connectivity index (χ4n) is 4.49. The Morgan fingerprint density at radius 3 is 2.48 bits per heavy atom. The van der Waals surface area contributed by atoms with Crippen molar-refractivity contribution in [3.05, 3.63) is 94.8 Å². The molecule has 0 saturated carbocycles. The second kappa shape index (κ2) is 12.6. The molecule has 0 aliphatic carbocycles. The third-order valence-corrected chi connectivity index (χ3v) is 8.63. The number of hydrogen-bond acceptors (Lipinski definition) is 10. The van der Waals surface area contributed by atoms with Gasteiger partial charge in [-0.3, -0.25) is 14.5 Å². The maximum absolute atomic E-state index is 14.1. The highest BCUT2D eigenvalue weighted by Gasteiger charge is 2.48. The zero-order valence-corrected chi connectivity index (χ0v) is 24.5. The standard InChI is InChI=1S/C30H26FN3O6S2/c1-4-40-22-14-11-18(15-23(22)39-3)25-24(26(35)17-9-12-20(38-2)13-10-17)27(36)28(37)34(25)29-32-33-30(42-29)41-16-19-7-5-6-8-21(19)31/h5-15,25,35H,4,16H2,1-3H3/b26-24-. The maximum atomic E-state index is 14.1. The summed E-state index contributed by atoms with van der Waals surface area (Å²) in [7, 11) is 3.00. The highest BCUT2D eigenvalue weighted by atomic mass is 32.2. The van der Waals surface area contributed by atoms with E-state index < -0.39 is 17.7 Å². The first-order valence-electron chi connectivity index (χ1n) is 12.8. The van der Waals surface area contributed by atoms with E-state index in [-0.39, 0.29) is 22.3 Å². The molecule has 1 atom stereocenters. The Hall–Kier alpha value is -4.42. The molecule has 216 valence electrons. The van der Waals surface area contributed by atoms with E-state index in [2.05, 4.69) is 10.2 Å². The molecule has 1 amide bonds. The first kappa shape index (κ1) is 29.1. The van der Waals surface area contributed by atoms with Crippen LogP contribution in [0.1, 0.15) is 29.7 Å². The molecule has 3 aromatic carbocycles. The van der Waals surface area contributed by atoms with Gasteiger partial charge in [0.05, 0.1) is 32.4 Å². The van der Waals surface area contributed by atoms with Gasteiger partial charge in [0, 0.05) is 11.3 Å². The molecule has 1 unspecified atom stereocenters. The van der Waals surface area contributed by atoms with Crippen LogP contribution in [0.4, 0.5) is 9.52 Å². The average molecular weight is 608 g/mol. The number of aliphatic hydroxyl groups excluding tert-OH is 1. The van der Waals surface area contributed by atoms with Gasteiger partial charge in [0.1, 0.15) is 17.3 Å². The van der Waals surface area contributed by atoms with Gasteiger partial charge in [0.25, 0.3) is 5.78 Å². The largest absolute Gasteiger partial charge is 0.507 e. The number of Topliss-reactive ketones (excluding diaryl/α,β-unsaturated/α-hetero) is 1. The lowest BCUT2D eigenvalue weighted by Crippen LogP contribution is -2.29. The quantitative estimate of drug-likeness (QED) is 0.0762. The van der Waals surface area contributed by atoms with E-state index in [0.29, 0.717) is 50.6 Å². The highest BCUT2D eigenvalue weighted by molar-refractivity contribution is 8.00. The van der Waals surface area contributed by atoms with Crippen molar-refractivity contribution >= 4 is 45.7 Å². The van der Waals surface area contributed by atoms with E-state index in [1.54, 1.807) is 60.7 Å². The first-order chi connectivity index (χ1) is 20.4. The highest BCUT2D eigenvalue weighted by Crippen LogP contribution is 2.45. The molecule has 5 rings (SSSR count). The predicted octanol–water partition coefficient (Wildman–Crippen LogP) is 6.01. The molecule has 1 aliphatic rings. The van der Waals surface area contributed by atoms with Crippen molar-refractivity contribution in [3.63, 3.8) is 0 Å². The van der Waals surface area contributed by atoms with Crippen LogP contribution in [0, 0.1) is 5.82 Å². The number of carbonyl (C=O) groups is 2. The number of thioether (sulfide) groups is 1. The Bertz CT molecular complexity index is 1660. The topological polar surface area (TPSA) is 111 Å². The third kappa shape index (κ3) is 5.68. The average Bonchev–Trinajstić information content (AvgIpc) is 3.58. The van der Waals surface area contributed by atoms with Crippen LogP contribution in [-0.4, -0.2) is 47.8 Å². The van der Waals surface area contributed by atoms with Gasteiger partial charge in [-0.05, 0) is 60.5 Å². The van der Waals surface area contributed by atoms with Crippen LogP contribution in [0.2, 0.25) is 0 Å². The number of ketones is 1. The summed E-state index contributed by atoms with van der Waals surface area (Å²) in [5.41, 5.74) is 1.20. The minimum atomic E-state index is -1.05. The number of hydrogen-bond donors (Lipinski definition) is 1. The number of aromatic nitrogens is 2. The summed E-state index contributed by atoms with van der Waals surface area (Å²) in [6, 6.07) is 16.9. The van der Waals surface area contributed by atoms with Gasteiger partial charge in [0.15, 0.2) is 15.8 Å². The summed E-state index contributed by atoms with van der Waals surface area (Å²) in [5.74, 6) is -0.688. The van der Waals surface area contributed by atoms with Crippen molar-refractivity contribution in [2.75, 3.05) is 25.7 Å². The second-order valence-corrected chi connectivity index (χ2v) is 11.1. The normalized spacial score (nSPS) is 16.1. The van der Waals surface area contributed by atoms with Crippen LogP contribution >= 0.6 is 23.1 Å². The summed E-state index contributed by atoms with van der Waals surface area (Å²) in [4.78, 5) is 28.3. The molecule has 0 bridgehead atoms. The van der Waals surface area contributed by atoms with Gasteiger partial charge in [0.2, 0.25) is 5.13 Å². The monoisotopic (exact) mass is 607 g/mol. The molecular weight excluding hydrogens is 581 g/mol. The number of nitrogens with zero attached hydrogens (tertiary/aromatic N) is 3. The van der Waals surface area contributed by atoms with Gasteiger partial charge < -0.3 is 19.3 Å². The zero-order valence-electron chi connectivity index (χ0n) is 22.9. The first-order valence-corrected chi connectivity index (χ1v) is 14.6. The number of benzene rings is 3. The van der Waals surface area contributed by atoms with Crippen LogP contribution in [0.3, 0.4) is 0 Å². The molecule has 42 heavy (non-hydrogen) atoms. The fourth-order valence-corrected chi connectivity index (χ4v) is 6.35. The molecule has 0 radical (unpaired) electrons. The summed E-state index contributed by atoms with van der Waals surface area (Å²) in [5, 5.41) is 19.9. The molecule has 0 spiro atoms. The molecule has 4 aromatic rings. The van der Waals surface area contributed by atoms with Gasteiger partial charge in [-0.1, -0.05) is 47.4 Å². The van der Waals surface area contributed by atoms with E-state index >= 15 is 0 Å². The Morgan fingerprint density at radius 1 is 1.02 bits per heavy atom. The third-order valence-electron chi connectivity index (χ3n) is 6.52. The number of aliphatic hydroxyl groups is 1. The number of methoxy groups -OCH3 is 2. The molecule has 1 saturated heterocycles. The van der Waals surface area contributed by atoms with Crippen LogP contribution in [0.5, 0.6) is 17.2 Å². The van der Waals surface area contributed by atoms with Crippen molar-refractivity contribution in [2.24, 2.45) is 0 Å². The van der Waals surface area contributed by atoms with Crippen LogP contribution in [0.15, 0.2) is 76.6 Å². The number of anilines is 1. The Labute approximate surface area is 249 Å². The smallest absolute Gasteiger partial charge is 0.301 e. The maximum Gasteiger partial charge on any atom is 0.301 e. The number of ether oxygens (including phenoxy) is 3. The zero-order chi connectivity index (χ0) is 29.8. The number of halogens is 1. The van der Waals surface area contributed by atoms with Crippen LogP contribution in [-0.2, 0) is 15.3 Å². The van der Waals surface area contributed by atoms with Crippen molar-refractivity contribution in [1.82, 2.24) is 10.2 Å². The molecule has 1 aliphatic heterocycles. The fraction of sp³-hybridized carbons (Fsp3) is 0.200. The Balaban J connectivity index is 1.58. The second-order valence-electron chi connectivity index (χ2n) is 8.97. The number of amides is 1. The number of rotatable bonds is 10. The molecule has 1 N–H and O–H groups in total. The van der Waals surface area contributed by atoms with Gasteiger partial charge in [-0.15, -0.1) is 10.2 Å². The summed E-state index contributed by atoms with van der Waals surface area (Å²) < 4.78 is 31.0. The molecule has 12 heteroatoms. The Morgan fingerprint density at radius 2 is 1.79 bits per heavy atom. The SMILES string of the molecule is CCOc1ccc(C2/C(=C(/O)c3ccc(OC)cc3)C(=O)C(=O)N2c2nnc(SCc3ccccc3F)s2)cc1OC. The van der Waals surface area contributed by atoms with E-state index in [0.717, 1.165) is 11.3 Å². The molecule has 9 nitrogen and oxygen atoms in total. The summed E-state index contributed by atoms with van der Waals surface area (Å²) in [6.45, 7) is 2.25. The van der Waals surface area contributed by atoms with E-state index in [9.17, 15) is 19.1 Å². The lowest BCUT2D eigenvalue weighted by atomic mass is 9.95. The van der Waals surface area contributed by atoms with Crippen LogP contribution in [0.25, 0.3) is 5.76 Å². The van der Waals surface area contributed by atoms with Crippen molar-refractivity contribution < 1.29 is 33.3 Å². The van der Waals surface area contributed by atoms with Gasteiger partial charge >= 0.3 is 5.91 Å². The molecular formula is C30H26FN3O6S2. The van der Waals surface area contributed by atoms with Crippen molar-refractivity contribution in [2.45, 2.75) is 23.1 Å². The molecule has 2 heterocycles. The van der Waals surface area contributed by atoms with E-state index in [1.807, 2.05) is 6.92 Å². The van der Waals surface area contributed by atoms with Crippen molar-refractivity contribution in [3.8, 4) is 17.2 Å². The predicted molar refractivity (Wildman–Crippen MR) is 158 cm³/mol. The summed E-state index contributed by atoms with van der Waals surface area (Å²) in [6.07, 6.45) is 0. The van der Waals surface area contributed by atoms with Crippen molar-refractivity contribution in [1.29, 1.82) is 0 Å². The molecule has 1 fully saturated rings. The summed E-state index contributed by atoms with van der Waals surface area (Å²) >= 11 is 2.35. The van der Waals surface area contributed by atoms with Gasteiger partial charge in [-0.25, -0.2) is 4.39 Å². The molecule has 1 aromatic heterocycles. The Kier molecular flexibility index (Phi) is 8.74. The van der Waals surface area contributed by atoms with Crippen LogP contribution < -0.4 is 19.1 Å². The van der Waals surface area contributed by atoms with E-state index in [4.69, 9.17) is 14.2 Å². The lowest BCUT2D eigenvalue weighted by molar-refractivity contribution is -0.132. The minimum absolute atomic E-state index is 0.118. The minimum Gasteiger partial charge on any atom is -0.507 e.